The van der Waals surface area contributed by atoms with E-state index in [1.807, 2.05) is 61.5 Å². The third-order valence-corrected chi connectivity index (χ3v) is 6.37. The van der Waals surface area contributed by atoms with Crippen LogP contribution in [0.15, 0.2) is 65.2 Å². The van der Waals surface area contributed by atoms with Crippen LogP contribution in [-0.4, -0.2) is 28.9 Å². The maximum atomic E-state index is 13.7. The maximum Gasteiger partial charge on any atom is 0.248 e. The van der Waals surface area contributed by atoms with Crippen LogP contribution in [0.1, 0.15) is 61.5 Å². The highest BCUT2D eigenvalue weighted by molar-refractivity contribution is 6.03. The molecule has 0 spiro atoms. The quantitative estimate of drug-likeness (QED) is 0.448. The second kappa shape index (κ2) is 11.7. The molecule has 0 aliphatic heterocycles. The largest absolute Gasteiger partial charge is 0.360 e. The van der Waals surface area contributed by atoms with Gasteiger partial charge in [-0.25, -0.2) is 0 Å². The van der Waals surface area contributed by atoms with Crippen LogP contribution in [0.4, 0.5) is 11.5 Å². The number of nitrogens with one attached hydrogen (secondary N) is 2. The Morgan fingerprint density at radius 2 is 1.69 bits per heavy atom. The molecule has 8 heteroatoms. The lowest BCUT2D eigenvalue weighted by Crippen LogP contribution is -2.46. The predicted octanol–water partition coefficient (Wildman–Crippen LogP) is 4.84. The Labute approximate surface area is 211 Å². The third kappa shape index (κ3) is 6.38. The Bertz CT molecular complexity index is 1180. The molecule has 1 aliphatic rings. The number of hydrogen-bond acceptors (Lipinski definition) is 5. The van der Waals surface area contributed by atoms with Crippen molar-refractivity contribution < 1.29 is 18.9 Å². The first kappa shape index (κ1) is 25.2. The van der Waals surface area contributed by atoms with Crippen molar-refractivity contribution >= 4 is 29.2 Å². The predicted molar refractivity (Wildman–Crippen MR) is 137 cm³/mol. The summed E-state index contributed by atoms with van der Waals surface area (Å²) >= 11 is 0. The van der Waals surface area contributed by atoms with Crippen molar-refractivity contribution in [2.75, 3.05) is 10.2 Å². The van der Waals surface area contributed by atoms with Crippen LogP contribution < -0.4 is 15.5 Å². The van der Waals surface area contributed by atoms with Crippen molar-refractivity contribution in [3.8, 4) is 0 Å². The summed E-state index contributed by atoms with van der Waals surface area (Å²) in [5.74, 6) is -0.0122. The fourth-order valence-corrected chi connectivity index (χ4v) is 4.52. The summed E-state index contributed by atoms with van der Waals surface area (Å²) < 4.78 is 4.97. The van der Waals surface area contributed by atoms with Crippen molar-refractivity contribution in [2.24, 2.45) is 0 Å². The lowest BCUT2D eigenvalue weighted by Gasteiger charge is -2.32. The van der Waals surface area contributed by atoms with Gasteiger partial charge in [-0.2, -0.15) is 0 Å². The molecule has 1 aromatic heterocycles. The lowest BCUT2D eigenvalue weighted by atomic mass is 10.0. The van der Waals surface area contributed by atoms with E-state index >= 15 is 0 Å². The number of rotatable bonds is 9. The van der Waals surface area contributed by atoms with E-state index in [9.17, 15) is 14.4 Å². The normalized spacial score (nSPS) is 14.3. The molecular formula is C28H32N4O4. The molecule has 1 fully saturated rings. The molecule has 1 heterocycles. The van der Waals surface area contributed by atoms with Crippen molar-refractivity contribution in [3.63, 3.8) is 0 Å². The summed E-state index contributed by atoms with van der Waals surface area (Å²) in [5.41, 5.74) is 2.36. The molecule has 0 unspecified atom stereocenters. The van der Waals surface area contributed by atoms with E-state index in [4.69, 9.17) is 4.52 Å². The van der Waals surface area contributed by atoms with Crippen LogP contribution in [0.25, 0.3) is 0 Å². The van der Waals surface area contributed by atoms with Crippen LogP contribution in [0.3, 0.4) is 0 Å². The number of benzene rings is 2. The first-order chi connectivity index (χ1) is 17.4. The van der Waals surface area contributed by atoms with Crippen LogP contribution in [0.2, 0.25) is 0 Å². The molecule has 1 saturated carbocycles. The zero-order valence-corrected chi connectivity index (χ0v) is 20.7. The van der Waals surface area contributed by atoms with Gasteiger partial charge in [-0.05, 0) is 44.4 Å². The van der Waals surface area contributed by atoms with Gasteiger partial charge in [0.05, 0.1) is 0 Å². The molecule has 188 valence electrons. The van der Waals surface area contributed by atoms with Gasteiger partial charge in [0.2, 0.25) is 17.7 Å². The van der Waals surface area contributed by atoms with Gasteiger partial charge in [0, 0.05) is 30.6 Å². The van der Waals surface area contributed by atoms with Crippen molar-refractivity contribution in [2.45, 2.75) is 64.5 Å². The summed E-state index contributed by atoms with van der Waals surface area (Å²) in [5, 5.41) is 9.56. The molecule has 2 aromatic carbocycles. The number of aryl methyl sites for hydroxylation is 2. The molecule has 0 saturated heterocycles. The number of carbonyl (C=O) groups is 3. The average molecular weight is 489 g/mol. The molecule has 36 heavy (non-hydrogen) atoms. The summed E-state index contributed by atoms with van der Waals surface area (Å²) in [6, 6.07) is 17.7. The topological polar surface area (TPSA) is 105 Å². The van der Waals surface area contributed by atoms with E-state index in [1.54, 1.807) is 13.0 Å². The fourth-order valence-electron chi connectivity index (χ4n) is 4.52. The molecule has 4 rings (SSSR count). The SMILES string of the molecule is Cc1ccc(N(C(=O)CCC(=O)Nc2cc(C)on2)[C@@H](C(=O)NC2CCCC2)c2ccccc2)cc1. The second-order valence-corrected chi connectivity index (χ2v) is 9.27. The third-order valence-electron chi connectivity index (χ3n) is 6.37. The van der Waals surface area contributed by atoms with Crippen LogP contribution >= 0.6 is 0 Å². The Morgan fingerprint density at radius 1 is 1.00 bits per heavy atom. The lowest BCUT2D eigenvalue weighted by molar-refractivity contribution is -0.127. The highest BCUT2D eigenvalue weighted by Crippen LogP contribution is 2.30. The van der Waals surface area contributed by atoms with Gasteiger partial charge in [0.25, 0.3) is 0 Å². The van der Waals surface area contributed by atoms with Gasteiger partial charge >= 0.3 is 0 Å². The molecule has 3 aromatic rings. The minimum Gasteiger partial charge on any atom is -0.360 e. The summed E-state index contributed by atoms with van der Waals surface area (Å²) in [6.45, 7) is 3.69. The number of carbonyl (C=O) groups excluding carboxylic acids is 3. The summed E-state index contributed by atoms with van der Waals surface area (Å²) in [7, 11) is 0. The fraction of sp³-hybridized carbons (Fsp3) is 0.357. The van der Waals surface area contributed by atoms with E-state index in [0.29, 0.717) is 22.8 Å². The zero-order chi connectivity index (χ0) is 25.5. The monoisotopic (exact) mass is 488 g/mol. The summed E-state index contributed by atoms with van der Waals surface area (Å²) in [4.78, 5) is 41.4. The van der Waals surface area contributed by atoms with E-state index in [0.717, 1.165) is 31.2 Å². The Morgan fingerprint density at radius 3 is 2.33 bits per heavy atom. The zero-order valence-electron chi connectivity index (χ0n) is 20.7. The molecule has 0 bridgehead atoms. The molecule has 1 aliphatic carbocycles. The molecule has 0 radical (unpaired) electrons. The molecule has 3 amide bonds. The number of anilines is 2. The van der Waals surface area contributed by atoms with Crippen molar-refractivity contribution in [1.29, 1.82) is 0 Å². The van der Waals surface area contributed by atoms with Crippen LogP contribution in [-0.2, 0) is 14.4 Å². The number of nitrogens with zero attached hydrogens (tertiary/aromatic N) is 2. The summed E-state index contributed by atoms with van der Waals surface area (Å²) in [6.07, 6.45) is 3.92. The van der Waals surface area contributed by atoms with Gasteiger partial charge in [-0.1, -0.05) is 66.0 Å². The van der Waals surface area contributed by atoms with Crippen LogP contribution in [0.5, 0.6) is 0 Å². The first-order valence-corrected chi connectivity index (χ1v) is 12.4. The van der Waals surface area contributed by atoms with Gasteiger partial charge in [-0.15, -0.1) is 0 Å². The van der Waals surface area contributed by atoms with Gasteiger partial charge < -0.3 is 15.2 Å². The first-order valence-electron chi connectivity index (χ1n) is 12.4. The van der Waals surface area contributed by atoms with Crippen LogP contribution in [0, 0.1) is 13.8 Å². The standard InChI is InChI=1S/C28H32N4O4/c1-19-12-14-23(15-13-19)32(26(34)17-16-25(33)30-24-18-20(2)36-31-24)27(21-8-4-3-5-9-21)28(35)29-22-10-6-7-11-22/h3-5,8-9,12-15,18,22,27H,6-7,10-11,16-17H2,1-2H3,(H,29,35)(H,30,31,33)/t27-/m1/s1. The average Bonchev–Trinajstić information content (AvgIpc) is 3.53. The smallest absolute Gasteiger partial charge is 0.248 e. The Kier molecular flexibility index (Phi) is 8.15. The minimum absolute atomic E-state index is 0.0567. The highest BCUT2D eigenvalue weighted by atomic mass is 16.5. The molecular weight excluding hydrogens is 456 g/mol. The van der Waals surface area contributed by atoms with E-state index in [-0.39, 0.29) is 36.6 Å². The van der Waals surface area contributed by atoms with Gasteiger partial charge in [0.15, 0.2) is 5.82 Å². The minimum atomic E-state index is -0.858. The molecule has 2 N–H and O–H groups in total. The van der Waals surface area contributed by atoms with Gasteiger partial charge in [-0.3, -0.25) is 19.3 Å². The van der Waals surface area contributed by atoms with E-state index in [2.05, 4.69) is 15.8 Å². The molecule has 8 nitrogen and oxygen atoms in total. The Balaban J connectivity index is 1.59. The number of aromatic nitrogens is 1. The Hall–Kier alpha value is -3.94. The second-order valence-electron chi connectivity index (χ2n) is 9.27. The van der Waals surface area contributed by atoms with Crippen molar-refractivity contribution in [1.82, 2.24) is 10.5 Å². The highest BCUT2D eigenvalue weighted by Gasteiger charge is 2.34. The van der Waals surface area contributed by atoms with E-state index in [1.165, 1.54) is 4.90 Å². The van der Waals surface area contributed by atoms with Gasteiger partial charge in [0.1, 0.15) is 11.8 Å². The maximum absolute atomic E-state index is 13.7. The number of hydrogen-bond donors (Lipinski definition) is 2. The van der Waals surface area contributed by atoms with Crippen molar-refractivity contribution in [3.05, 3.63) is 77.6 Å². The molecule has 1 atom stereocenters. The van der Waals surface area contributed by atoms with E-state index < -0.39 is 6.04 Å². The number of amides is 3.